The molecule has 0 saturated carbocycles. The molecule has 18 heavy (non-hydrogen) atoms. The fraction of sp³-hybridized carbons (Fsp3) is 0.231. The Labute approximate surface area is 103 Å². The van der Waals surface area contributed by atoms with Crippen LogP contribution in [0.2, 0.25) is 0 Å². The van der Waals surface area contributed by atoms with Gasteiger partial charge in [-0.1, -0.05) is 12.1 Å². The van der Waals surface area contributed by atoms with Gasteiger partial charge in [-0.3, -0.25) is 4.68 Å². The molecular weight excluding hydrogens is 235 g/mol. The first-order chi connectivity index (χ1) is 8.66. The number of carbonyl (C=O) groups is 1. The Morgan fingerprint density at radius 3 is 2.72 bits per heavy atom. The van der Waals surface area contributed by atoms with Crippen molar-refractivity contribution < 1.29 is 14.3 Å². The number of nitrogens with zero attached hydrogens (tertiary/aromatic N) is 2. The van der Waals surface area contributed by atoms with Crippen molar-refractivity contribution in [2.75, 3.05) is 0 Å². The molecule has 2 heterocycles. The highest BCUT2D eigenvalue weighted by Gasteiger charge is 2.26. The lowest BCUT2D eigenvalue weighted by atomic mass is 10.0. The third-order valence-corrected chi connectivity index (χ3v) is 3.18. The highest BCUT2D eigenvalue weighted by Crippen LogP contribution is 2.31. The molecule has 2 aromatic rings. The molecule has 0 unspecified atom stereocenters. The first-order valence-corrected chi connectivity index (χ1v) is 5.76. The maximum Gasteiger partial charge on any atom is 0.357 e. The van der Waals surface area contributed by atoms with Crippen molar-refractivity contribution in [2.45, 2.75) is 19.4 Å². The van der Waals surface area contributed by atoms with Gasteiger partial charge in [-0.15, -0.1) is 0 Å². The minimum Gasteiger partial charge on any atom is -0.476 e. The average molecular weight is 246 g/mol. The fourth-order valence-electron chi connectivity index (χ4n) is 2.40. The van der Waals surface area contributed by atoms with E-state index in [2.05, 4.69) is 5.10 Å². The molecule has 0 radical (unpaired) electrons. The maximum absolute atomic E-state index is 12.9. The van der Waals surface area contributed by atoms with Crippen LogP contribution >= 0.6 is 0 Å². The van der Waals surface area contributed by atoms with E-state index in [1.165, 1.54) is 12.1 Å². The van der Waals surface area contributed by atoms with Crippen LogP contribution in [-0.2, 0) is 13.0 Å². The second kappa shape index (κ2) is 3.94. The molecule has 0 spiro atoms. The molecule has 0 atom stereocenters. The van der Waals surface area contributed by atoms with E-state index in [0.717, 1.165) is 25.1 Å². The lowest BCUT2D eigenvalue weighted by molar-refractivity contribution is 0.0690. The molecule has 4 nitrogen and oxygen atoms in total. The van der Waals surface area contributed by atoms with E-state index in [9.17, 15) is 14.3 Å². The summed E-state index contributed by atoms with van der Waals surface area (Å²) < 4.78 is 14.7. The van der Waals surface area contributed by atoms with E-state index in [0.29, 0.717) is 11.1 Å². The summed E-state index contributed by atoms with van der Waals surface area (Å²) in [4.78, 5) is 11.2. The van der Waals surface area contributed by atoms with E-state index < -0.39 is 5.97 Å². The summed E-state index contributed by atoms with van der Waals surface area (Å²) in [7, 11) is 0. The Hall–Kier alpha value is -2.17. The van der Waals surface area contributed by atoms with Gasteiger partial charge in [0.15, 0.2) is 5.69 Å². The van der Waals surface area contributed by atoms with Crippen molar-refractivity contribution in [3.8, 4) is 11.1 Å². The standard InChI is InChI=1S/C13H11FN2O2/c14-9-5-3-8(4-6-9)11-10-2-1-7-16(10)15-12(11)13(17)18/h3-6H,1-2,7H2,(H,17,18). The number of hydrogen-bond acceptors (Lipinski definition) is 2. The van der Waals surface area contributed by atoms with Crippen LogP contribution in [0.25, 0.3) is 11.1 Å². The van der Waals surface area contributed by atoms with Gasteiger partial charge >= 0.3 is 5.97 Å². The number of fused-ring (bicyclic) bond motifs is 1. The SMILES string of the molecule is O=C(O)c1nn2c(c1-c1ccc(F)cc1)CCC2. The van der Waals surface area contributed by atoms with E-state index in [1.54, 1.807) is 16.8 Å². The molecular formula is C13H11FN2O2. The highest BCUT2D eigenvalue weighted by molar-refractivity contribution is 5.95. The smallest absolute Gasteiger partial charge is 0.357 e. The summed E-state index contributed by atoms with van der Waals surface area (Å²) in [6.45, 7) is 0.747. The molecule has 5 heteroatoms. The van der Waals surface area contributed by atoms with Crippen molar-refractivity contribution in [1.82, 2.24) is 9.78 Å². The largest absolute Gasteiger partial charge is 0.476 e. The minimum atomic E-state index is -1.05. The van der Waals surface area contributed by atoms with Gasteiger partial charge < -0.3 is 5.11 Å². The number of aromatic nitrogens is 2. The molecule has 92 valence electrons. The second-order valence-corrected chi connectivity index (χ2v) is 4.31. The van der Waals surface area contributed by atoms with Gasteiger partial charge in [-0.25, -0.2) is 9.18 Å². The number of aromatic carboxylic acids is 1. The molecule has 0 amide bonds. The third-order valence-electron chi connectivity index (χ3n) is 3.18. The topological polar surface area (TPSA) is 55.1 Å². The first kappa shape index (κ1) is 11.0. The first-order valence-electron chi connectivity index (χ1n) is 5.76. The monoisotopic (exact) mass is 246 g/mol. The molecule has 0 aliphatic carbocycles. The quantitative estimate of drug-likeness (QED) is 0.884. The summed E-state index contributed by atoms with van der Waals surface area (Å²) in [6.07, 6.45) is 1.78. The number of halogens is 1. The number of carboxylic acids is 1. The van der Waals surface area contributed by atoms with Gasteiger partial charge in [0.25, 0.3) is 0 Å². The fourth-order valence-corrected chi connectivity index (χ4v) is 2.40. The van der Waals surface area contributed by atoms with Crippen molar-refractivity contribution in [1.29, 1.82) is 0 Å². The summed E-state index contributed by atoms with van der Waals surface area (Å²) in [5.74, 6) is -1.38. The number of hydrogen-bond donors (Lipinski definition) is 1. The van der Waals surface area contributed by atoms with Crippen LogP contribution in [0.4, 0.5) is 4.39 Å². The molecule has 0 fully saturated rings. The predicted octanol–water partition coefficient (Wildman–Crippen LogP) is 2.33. The molecule has 1 aromatic heterocycles. The average Bonchev–Trinajstić information content (AvgIpc) is 2.90. The highest BCUT2D eigenvalue weighted by atomic mass is 19.1. The van der Waals surface area contributed by atoms with Crippen LogP contribution in [0, 0.1) is 5.82 Å². The van der Waals surface area contributed by atoms with E-state index in [-0.39, 0.29) is 11.5 Å². The van der Waals surface area contributed by atoms with Crippen molar-refractivity contribution in [2.24, 2.45) is 0 Å². The molecule has 1 aromatic carbocycles. The number of rotatable bonds is 2. The molecule has 3 rings (SSSR count). The van der Waals surface area contributed by atoms with Crippen LogP contribution in [0.15, 0.2) is 24.3 Å². The predicted molar refractivity (Wildman–Crippen MR) is 62.9 cm³/mol. The molecule has 1 aliphatic rings. The van der Waals surface area contributed by atoms with Gasteiger partial charge in [-0.05, 0) is 30.5 Å². The third kappa shape index (κ3) is 1.59. The Kier molecular flexibility index (Phi) is 2.40. The van der Waals surface area contributed by atoms with E-state index in [1.807, 2.05) is 0 Å². The molecule has 0 bridgehead atoms. The Morgan fingerprint density at radius 1 is 1.33 bits per heavy atom. The van der Waals surface area contributed by atoms with Crippen molar-refractivity contribution in [3.05, 3.63) is 41.5 Å². The summed E-state index contributed by atoms with van der Waals surface area (Å²) in [6, 6.07) is 5.86. The summed E-state index contributed by atoms with van der Waals surface area (Å²) in [5, 5.41) is 13.3. The zero-order chi connectivity index (χ0) is 12.7. The Morgan fingerprint density at radius 2 is 2.06 bits per heavy atom. The van der Waals surface area contributed by atoms with Crippen molar-refractivity contribution in [3.63, 3.8) is 0 Å². The van der Waals surface area contributed by atoms with E-state index in [4.69, 9.17) is 0 Å². The number of carboxylic acid groups (broad SMARTS) is 1. The summed E-state index contributed by atoms with van der Waals surface area (Å²) in [5.41, 5.74) is 2.31. The Balaban J connectivity index is 2.20. The normalized spacial score (nSPS) is 13.6. The lowest BCUT2D eigenvalue weighted by Gasteiger charge is -2.02. The van der Waals surface area contributed by atoms with Gasteiger partial charge in [0.05, 0.1) is 0 Å². The zero-order valence-corrected chi connectivity index (χ0v) is 9.56. The molecule has 1 N–H and O–H groups in total. The second-order valence-electron chi connectivity index (χ2n) is 4.31. The van der Waals surface area contributed by atoms with Crippen LogP contribution in [-0.4, -0.2) is 20.9 Å². The van der Waals surface area contributed by atoms with Gasteiger partial charge in [0, 0.05) is 17.8 Å². The Bertz CT molecular complexity index is 617. The van der Waals surface area contributed by atoms with Crippen molar-refractivity contribution >= 4 is 5.97 Å². The van der Waals surface area contributed by atoms with Gasteiger partial charge in [0.2, 0.25) is 0 Å². The van der Waals surface area contributed by atoms with Gasteiger partial charge in [-0.2, -0.15) is 5.10 Å². The van der Waals surface area contributed by atoms with Crippen LogP contribution in [0.1, 0.15) is 22.6 Å². The number of aryl methyl sites for hydroxylation is 1. The minimum absolute atomic E-state index is 0.0521. The maximum atomic E-state index is 12.9. The lowest BCUT2D eigenvalue weighted by Crippen LogP contribution is -2.02. The van der Waals surface area contributed by atoms with Crippen LogP contribution < -0.4 is 0 Å². The van der Waals surface area contributed by atoms with Crippen LogP contribution in [0.5, 0.6) is 0 Å². The van der Waals surface area contributed by atoms with Gasteiger partial charge in [0.1, 0.15) is 5.82 Å². The number of benzene rings is 1. The van der Waals surface area contributed by atoms with E-state index >= 15 is 0 Å². The molecule has 1 aliphatic heterocycles. The summed E-state index contributed by atoms with van der Waals surface area (Å²) >= 11 is 0. The molecule has 0 saturated heterocycles. The zero-order valence-electron chi connectivity index (χ0n) is 9.56. The van der Waals surface area contributed by atoms with Crippen LogP contribution in [0.3, 0.4) is 0 Å².